The van der Waals surface area contributed by atoms with Crippen LogP contribution in [0.1, 0.15) is 39.7 Å². The first-order chi connectivity index (χ1) is 12.1. The van der Waals surface area contributed by atoms with Crippen LogP contribution in [0.25, 0.3) is 0 Å². The van der Waals surface area contributed by atoms with Gasteiger partial charge in [0, 0.05) is 0 Å². The lowest BCUT2D eigenvalue weighted by Gasteiger charge is -2.25. The van der Waals surface area contributed by atoms with E-state index in [0.29, 0.717) is 12.2 Å². The van der Waals surface area contributed by atoms with Crippen molar-refractivity contribution in [1.29, 1.82) is 0 Å². The highest BCUT2D eigenvalue weighted by molar-refractivity contribution is 5.92. The summed E-state index contributed by atoms with van der Waals surface area (Å²) in [5.41, 5.74) is 0.449. The van der Waals surface area contributed by atoms with Crippen molar-refractivity contribution >= 4 is 11.7 Å². The molecule has 0 fully saturated rings. The van der Waals surface area contributed by atoms with E-state index >= 15 is 0 Å². The van der Waals surface area contributed by atoms with E-state index in [1.54, 1.807) is 19.1 Å². The van der Waals surface area contributed by atoms with E-state index in [4.69, 9.17) is 4.74 Å². The van der Waals surface area contributed by atoms with Crippen molar-refractivity contribution in [3.8, 4) is 5.75 Å². The molecule has 0 bridgehead atoms. The molecule has 26 heavy (non-hydrogen) atoms. The summed E-state index contributed by atoms with van der Waals surface area (Å²) in [6.07, 6.45) is 5.34. The fraction of sp³-hybridized carbons (Fsp3) is 0.429. The number of ether oxygens (including phenoxy) is 1. The van der Waals surface area contributed by atoms with Crippen LogP contribution in [-0.4, -0.2) is 29.9 Å². The lowest BCUT2D eigenvalue weighted by Crippen LogP contribution is -2.39. The summed E-state index contributed by atoms with van der Waals surface area (Å²) in [6.45, 7) is 7.88. The van der Waals surface area contributed by atoms with E-state index in [1.807, 2.05) is 24.3 Å². The van der Waals surface area contributed by atoms with Gasteiger partial charge in [-0.3, -0.25) is 9.59 Å². The topological polar surface area (TPSA) is 75.6 Å². The maximum absolute atomic E-state index is 12.3. The van der Waals surface area contributed by atoms with Crippen molar-refractivity contribution in [2.75, 3.05) is 13.2 Å². The van der Waals surface area contributed by atoms with Crippen LogP contribution in [0.4, 0.5) is 0 Å². The molecule has 2 rings (SSSR count). The quantitative estimate of drug-likeness (QED) is 0.817. The summed E-state index contributed by atoms with van der Waals surface area (Å²) < 4.78 is 5.47. The van der Waals surface area contributed by atoms with Gasteiger partial charge in [0.15, 0.2) is 12.4 Å². The number of nitrogens with one attached hydrogen (secondary N) is 1. The maximum atomic E-state index is 12.3. The van der Waals surface area contributed by atoms with E-state index in [-0.39, 0.29) is 36.0 Å². The molecule has 0 saturated heterocycles. The molecule has 0 aliphatic heterocycles. The number of aliphatic hydroxyl groups is 1. The molecule has 0 radical (unpaired) electrons. The third kappa shape index (κ3) is 5.22. The summed E-state index contributed by atoms with van der Waals surface area (Å²) in [4.78, 5) is 24.3. The highest BCUT2D eigenvalue weighted by Gasteiger charge is 2.31. The molecule has 0 spiro atoms. The summed E-state index contributed by atoms with van der Waals surface area (Å²) in [6, 6.07) is 7.63. The van der Waals surface area contributed by atoms with Crippen molar-refractivity contribution in [1.82, 2.24) is 5.32 Å². The summed E-state index contributed by atoms with van der Waals surface area (Å²) in [5.74, 6) is 0.162. The zero-order chi connectivity index (χ0) is 19.4. The van der Waals surface area contributed by atoms with E-state index in [2.05, 4.69) is 26.1 Å². The highest BCUT2D eigenvalue weighted by Crippen LogP contribution is 2.30. The molecule has 1 atom stereocenters. The van der Waals surface area contributed by atoms with Crippen LogP contribution in [0.5, 0.6) is 5.75 Å². The minimum absolute atomic E-state index is 0.0591. The average molecular weight is 357 g/mol. The lowest BCUT2D eigenvalue weighted by atomic mass is 9.79. The predicted molar refractivity (Wildman–Crippen MR) is 101 cm³/mol. The van der Waals surface area contributed by atoms with Crippen molar-refractivity contribution in [2.24, 2.45) is 5.41 Å². The SMILES string of the molecule is CC1(C(=O)CNC(=O)COc2ccc(C(C)(C)C)cc2)C=C(O)C=CC1. The van der Waals surface area contributed by atoms with Crippen LogP contribution in [0.2, 0.25) is 0 Å². The van der Waals surface area contributed by atoms with Gasteiger partial charge in [0.05, 0.1) is 12.0 Å². The molecule has 5 heteroatoms. The molecular formula is C21H27NO4. The molecule has 1 aromatic carbocycles. The van der Waals surface area contributed by atoms with Gasteiger partial charge in [-0.05, 0) is 48.6 Å². The Kier molecular flexibility index (Phi) is 5.90. The fourth-order valence-electron chi connectivity index (χ4n) is 2.68. The number of amides is 1. The number of ketones is 1. The van der Waals surface area contributed by atoms with E-state index in [0.717, 1.165) is 0 Å². The van der Waals surface area contributed by atoms with Crippen molar-refractivity contribution in [3.05, 3.63) is 53.8 Å². The molecule has 5 nitrogen and oxygen atoms in total. The van der Waals surface area contributed by atoms with Crippen molar-refractivity contribution in [2.45, 2.75) is 39.5 Å². The molecular weight excluding hydrogens is 330 g/mol. The highest BCUT2D eigenvalue weighted by atomic mass is 16.5. The van der Waals surface area contributed by atoms with Gasteiger partial charge in [-0.2, -0.15) is 0 Å². The van der Waals surface area contributed by atoms with Crippen LogP contribution in [0.15, 0.2) is 48.3 Å². The average Bonchev–Trinajstić information content (AvgIpc) is 2.57. The standard InChI is InChI=1S/C21H27NO4/c1-20(2,3)15-7-9-17(10-8-15)26-14-19(25)22-13-18(24)21(4)11-5-6-16(23)12-21/h5-10,12,23H,11,13-14H2,1-4H3,(H,22,25). The third-order valence-corrected chi connectivity index (χ3v) is 4.47. The van der Waals surface area contributed by atoms with Gasteiger partial charge >= 0.3 is 0 Å². The van der Waals surface area contributed by atoms with Gasteiger partial charge in [-0.1, -0.05) is 39.0 Å². The molecule has 1 aliphatic carbocycles. The first-order valence-electron chi connectivity index (χ1n) is 8.72. The molecule has 2 N–H and O–H groups in total. The molecule has 1 unspecified atom stereocenters. The smallest absolute Gasteiger partial charge is 0.258 e. The second kappa shape index (κ2) is 7.77. The zero-order valence-electron chi connectivity index (χ0n) is 15.8. The van der Waals surface area contributed by atoms with E-state index in [1.165, 1.54) is 11.6 Å². The Bertz CT molecular complexity index is 725. The van der Waals surface area contributed by atoms with Gasteiger partial charge < -0.3 is 15.2 Å². The van der Waals surface area contributed by atoms with Gasteiger partial charge in [0.1, 0.15) is 11.5 Å². The monoisotopic (exact) mass is 357 g/mol. The first-order valence-corrected chi connectivity index (χ1v) is 8.72. The minimum atomic E-state index is -0.796. The first kappa shape index (κ1) is 19.8. The molecule has 0 heterocycles. The Morgan fingerprint density at radius 3 is 2.46 bits per heavy atom. The van der Waals surface area contributed by atoms with Gasteiger partial charge in [0.25, 0.3) is 5.91 Å². The number of hydrogen-bond donors (Lipinski definition) is 2. The number of aliphatic hydroxyl groups excluding tert-OH is 1. The largest absolute Gasteiger partial charge is 0.508 e. The second-order valence-corrected chi connectivity index (χ2v) is 7.86. The fourth-order valence-corrected chi connectivity index (χ4v) is 2.68. The Balaban J connectivity index is 1.80. The maximum Gasteiger partial charge on any atom is 0.258 e. The number of carbonyl (C=O) groups is 2. The molecule has 140 valence electrons. The van der Waals surface area contributed by atoms with Crippen LogP contribution in [0, 0.1) is 5.41 Å². The Morgan fingerprint density at radius 2 is 1.88 bits per heavy atom. The van der Waals surface area contributed by atoms with E-state index < -0.39 is 5.41 Å². The minimum Gasteiger partial charge on any atom is -0.508 e. The van der Waals surface area contributed by atoms with Gasteiger partial charge in [0.2, 0.25) is 0 Å². The van der Waals surface area contributed by atoms with Crippen LogP contribution >= 0.6 is 0 Å². The molecule has 1 aliphatic rings. The van der Waals surface area contributed by atoms with Crippen LogP contribution in [0.3, 0.4) is 0 Å². The molecule has 1 amide bonds. The van der Waals surface area contributed by atoms with Gasteiger partial charge in [-0.25, -0.2) is 0 Å². The summed E-state index contributed by atoms with van der Waals surface area (Å²) in [5, 5.41) is 12.1. The molecule has 0 aromatic heterocycles. The summed E-state index contributed by atoms with van der Waals surface area (Å²) >= 11 is 0. The number of rotatable bonds is 6. The number of Topliss-reactive ketones (excluding diaryl/α,β-unsaturated/α-hetero) is 1. The third-order valence-electron chi connectivity index (χ3n) is 4.47. The van der Waals surface area contributed by atoms with E-state index in [9.17, 15) is 14.7 Å². The lowest BCUT2D eigenvalue weighted by molar-refractivity contribution is -0.129. The Hall–Kier alpha value is -2.56. The van der Waals surface area contributed by atoms with Crippen molar-refractivity contribution < 1.29 is 19.4 Å². The number of allylic oxidation sites excluding steroid dienone is 3. The summed E-state index contributed by atoms with van der Waals surface area (Å²) in [7, 11) is 0. The predicted octanol–water partition coefficient (Wildman–Crippen LogP) is 3.46. The zero-order valence-corrected chi connectivity index (χ0v) is 15.8. The van der Waals surface area contributed by atoms with Crippen LogP contribution < -0.4 is 10.1 Å². The van der Waals surface area contributed by atoms with Crippen molar-refractivity contribution in [3.63, 3.8) is 0 Å². The Labute approximate surface area is 154 Å². The number of benzene rings is 1. The molecule has 1 aromatic rings. The molecule has 0 saturated carbocycles. The number of hydrogen-bond acceptors (Lipinski definition) is 4. The normalized spacial score (nSPS) is 19.6. The number of carbonyl (C=O) groups excluding carboxylic acids is 2. The van der Waals surface area contributed by atoms with Gasteiger partial charge in [-0.15, -0.1) is 0 Å². The van der Waals surface area contributed by atoms with Crippen LogP contribution in [-0.2, 0) is 15.0 Å². The second-order valence-electron chi connectivity index (χ2n) is 7.86. The Morgan fingerprint density at radius 1 is 1.23 bits per heavy atom.